The molecule has 2 aliphatic heterocycles. The summed E-state index contributed by atoms with van der Waals surface area (Å²) in [5.74, 6) is 0.623. The van der Waals surface area contributed by atoms with Crippen LogP contribution in [0.4, 0.5) is 4.79 Å². The summed E-state index contributed by atoms with van der Waals surface area (Å²) in [7, 11) is 1.71. The Labute approximate surface area is 268 Å². The molecule has 246 valence electrons. The highest BCUT2D eigenvalue weighted by Crippen LogP contribution is 2.50. The molecule has 0 bridgehead atoms. The van der Waals surface area contributed by atoms with Gasteiger partial charge in [0.05, 0.1) is 11.8 Å². The maximum Gasteiger partial charge on any atom is 0.410 e. The second-order valence-corrected chi connectivity index (χ2v) is 13.8. The molecule has 0 saturated carbocycles. The molecule has 2 aromatic carbocycles. The highest BCUT2D eigenvalue weighted by Gasteiger charge is 2.43. The van der Waals surface area contributed by atoms with Crippen LogP contribution in [0.1, 0.15) is 77.8 Å². The predicted octanol–water partition coefficient (Wildman–Crippen LogP) is 6.05. The van der Waals surface area contributed by atoms with Crippen molar-refractivity contribution < 1.29 is 28.6 Å². The zero-order valence-electron chi connectivity index (χ0n) is 27.8. The number of methoxy groups -OCH3 is 1. The lowest BCUT2D eigenvalue weighted by Gasteiger charge is -2.41. The van der Waals surface area contributed by atoms with E-state index in [9.17, 15) is 14.4 Å². The van der Waals surface area contributed by atoms with E-state index in [2.05, 4.69) is 36.6 Å². The number of nitrogens with one attached hydrogen (secondary N) is 2. The number of carbonyl (C=O) groups excluding carboxylic acids is 3. The molecule has 2 heterocycles. The molecular weight excluding hydrogens is 570 g/mol. The van der Waals surface area contributed by atoms with Gasteiger partial charge in [0.2, 0.25) is 11.8 Å². The van der Waals surface area contributed by atoms with Crippen LogP contribution >= 0.6 is 0 Å². The van der Waals surface area contributed by atoms with E-state index >= 15 is 0 Å². The molecule has 1 fully saturated rings. The van der Waals surface area contributed by atoms with Crippen molar-refractivity contribution in [2.75, 3.05) is 39.9 Å². The van der Waals surface area contributed by atoms with E-state index in [0.717, 1.165) is 48.3 Å². The third-order valence-corrected chi connectivity index (χ3v) is 8.66. The quantitative estimate of drug-likeness (QED) is 0.280. The molecule has 2 atom stereocenters. The zero-order chi connectivity index (χ0) is 32.6. The monoisotopic (exact) mass is 621 g/mol. The number of hydrogen-bond acceptors (Lipinski definition) is 6. The van der Waals surface area contributed by atoms with Gasteiger partial charge in [-0.2, -0.15) is 0 Å². The summed E-state index contributed by atoms with van der Waals surface area (Å²) in [6, 6.07) is 16.0. The standard InChI is InChI=1S/C36H51N3O6/c1-25(2)17-19-37-32(40)26-21-27(23-39(22-26)34(42)45-35(3,4)5)33(41)38-24-36(18-11-12-20-43-6)28-13-7-9-15-30(28)44-31-16-10-8-14-29(31)36/h7-10,13-16,25-27H,11-12,17-24H2,1-6H3,(H,37,40)(H,38,41). The molecule has 45 heavy (non-hydrogen) atoms. The van der Waals surface area contributed by atoms with E-state index < -0.39 is 28.9 Å². The number of benzene rings is 2. The number of nitrogens with zero attached hydrogens (tertiary/aromatic N) is 1. The van der Waals surface area contributed by atoms with Gasteiger partial charge in [-0.15, -0.1) is 0 Å². The molecule has 9 nitrogen and oxygen atoms in total. The number of para-hydroxylation sites is 2. The number of fused-ring (bicyclic) bond motifs is 2. The van der Waals surface area contributed by atoms with Crippen LogP contribution in [0.5, 0.6) is 11.5 Å². The third-order valence-electron chi connectivity index (χ3n) is 8.66. The van der Waals surface area contributed by atoms with Crippen molar-refractivity contribution in [1.82, 2.24) is 15.5 Å². The minimum absolute atomic E-state index is 0.136. The number of rotatable bonds is 12. The largest absolute Gasteiger partial charge is 0.457 e. The second-order valence-electron chi connectivity index (χ2n) is 13.8. The Morgan fingerprint density at radius 2 is 1.51 bits per heavy atom. The van der Waals surface area contributed by atoms with Crippen molar-refractivity contribution in [1.29, 1.82) is 0 Å². The predicted molar refractivity (Wildman–Crippen MR) is 174 cm³/mol. The highest BCUT2D eigenvalue weighted by atomic mass is 16.6. The second kappa shape index (κ2) is 15.1. The molecule has 2 unspecified atom stereocenters. The van der Waals surface area contributed by atoms with E-state index in [1.165, 1.54) is 4.90 Å². The van der Waals surface area contributed by atoms with Crippen molar-refractivity contribution in [2.45, 2.75) is 77.7 Å². The van der Waals surface area contributed by atoms with Crippen LogP contribution in [0.25, 0.3) is 0 Å². The minimum atomic E-state index is -0.694. The summed E-state index contributed by atoms with van der Waals surface area (Å²) in [6.07, 6.45) is 3.26. The Morgan fingerprint density at radius 1 is 0.933 bits per heavy atom. The lowest BCUT2D eigenvalue weighted by atomic mass is 9.69. The molecule has 2 N–H and O–H groups in total. The van der Waals surface area contributed by atoms with Crippen molar-refractivity contribution >= 4 is 17.9 Å². The van der Waals surface area contributed by atoms with Crippen LogP contribution in [0, 0.1) is 17.8 Å². The first-order valence-electron chi connectivity index (χ1n) is 16.3. The zero-order valence-corrected chi connectivity index (χ0v) is 27.8. The average Bonchev–Trinajstić information content (AvgIpc) is 3.00. The van der Waals surface area contributed by atoms with Gasteiger partial charge >= 0.3 is 6.09 Å². The van der Waals surface area contributed by atoms with Crippen LogP contribution in [-0.2, 0) is 24.5 Å². The number of likely N-dealkylation sites (tertiary alicyclic amines) is 1. The fourth-order valence-electron chi connectivity index (χ4n) is 6.35. The van der Waals surface area contributed by atoms with Crippen LogP contribution in [0.3, 0.4) is 0 Å². The van der Waals surface area contributed by atoms with Crippen LogP contribution in [0.15, 0.2) is 48.5 Å². The summed E-state index contributed by atoms with van der Waals surface area (Å²) < 4.78 is 17.3. The molecule has 9 heteroatoms. The number of unbranched alkanes of at least 4 members (excludes halogenated alkanes) is 1. The highest BCUT2D eigenvalue weighted by molar-refractivity contribution is 5.84. The van der Waals surface area contributed by atoms with Gasteiger partial charge in [-0.05, 0) is 70.9 Å². The van der Waals surface area contributed by atoms with Gasteiger partial charge in [0, 0.05) is 56.4 Å². The molecule has 2 aromatic rings. The van der Waals surface area contributed by atoms with Gasteiger partial charge in [0.1, 0.15) is 17.1 Å². The molecule has 0 radical (unpaired) electrons. The van der Waals surface area contributed by atoms with Crippen LogP contribution in [0.2, 0.25) is 0 Å². The van der Waals surface area contributed by atoms with Gasteiger partial charge in [-0.3, -0.25) is 9.59 Å². The molecule has 0 spiro atoms. The molecule has 0 aromatic heterocycles. The Kier molecular flexibility index (Phi) is 11.5. The number of carbonyl (C=O) groups is 3. The molecule has 1 saturated heterocycles. The van der Waals surface area contributed by atoms with Crippen molar-refractivity contribution in [2.24, 2.45) is 17.8 Å². The van der Waals surface area contributed by atoms with Crippen molar-refractivity contribution in [3.05, 3.63) is 59.7 Å². The van der Waals surface area contributed by atoms with Gasteiger partial charge in [0.15, 0.2) is 0 Å². The number of amides is 3. The first-order chi connectivity index (χ1) is 21.4. The maximum atomic E-state index is 14.0. The lowest BCUT2D eigenvalue weighted by Crippen LogP contribution is -2.54. The van der Waals surface area contributed by atoms with Crippen LogP contribution in [-0.4, -0.2) is 68.3 Å². The summed E-state index contributed by atoms with van der Waals surface area (Å²) >= 11 is 0. The maximum absolute atomic E-state index is 14.0. The smallest absolute Gasteiger partial charge is 0.410 e. The van der Waals surface area contributed by atoms with Gasteiger partial charge < -0.3 is 29.7 Å². The molecular formula is C36H51N3O6. The van der Waals surface area contributed by atoms with Crippen molar-refractivity contribution in [3.63, 3.8) is 0 Å². The van der Waals surface area contributed by atoms with E-state index in [4.69, 9.17) is 14.2 Å². The van der Waals surface area contributed by atoms with E-state index in [-0.39, 0.29) is 24.9 Å². The number of piperidine rings is 1. The number of hydrogen-bond donors (Lipinski definition) is 2. The Hall–Kier alpha value is -3.59. The molecule has 3 amide bonds. The van der Waals surface area contributed by atoms with Gasteiger partial charge in [-0.25, -0.2) is 4.79 Å². The molecule has 4 rings (SSSR count). The first kappa shape index (κ1) is 34.3. The Bertz CT molecular complexity index is 1270. The van der Waals surface area contributed by atoms with E-state index in [1.807, 2.05) is 57.2 Å². The Morgan fingerprint density at radius 3 is 2.07 bits per heavy atom. The first-order valence-corrected chi connectivity index (χ1v) is 16.3. The Balaban J connectivity index is 1.58. The van der Waals surface area contributed by atoms with E-state index in [1.54, 1.807) is 7.11 Å². The van der Waals surface area contributed by atoms with Crippen LogP contribution < -0.4 is 15.4 Å². The van der Waals surface area contributed by atoms with Gasteiger partial charge in [0.25, 0.3) is 0 Å². The summed E-state index contributed by atoms with van der Waals surface area (Å²) in [5, 5.41) is 6.30. The van der Waals surface area contributed by atoms with Gasteiger partial charge in [-0.1, -0.05) is 50.2 Å². The molecule has 2 aliphatic rings. The summed E-state index contributed by atoms with van der Waals surface area (Å²) in [5.41, 5.74) is 0.841. The molecule has 0 aliphatic carbocycles. The number of ether oxygens (including phenoxy) is 3. The normalized spacial score (nSPS) is 18.8. The SMILES string of the molecule is COCCCCC1(CNC(=O)C2CC(C(=O)NCCC(C)C)CN(C(=O)OC(C)(C)C)C2)c2ccccc2Oc2ccccc21. The fourth-order valence-corrected chi connectivity index (χ4v) is 6.35. The van der Waals surface area contributed by atoms with E-state index in [0.29, 0.717) is 32.0 Å². The summed E-state index contributed by atoms with van der Waals surface area (Å²) in [6.45, 7) is 11.6. The lowest BCUT2D eigenvalue weighted by molar-refractivity contribution is -0.131. The minimum Gasteiger partial charge on any atom is -0.457 e. The third kappa shape index (κ3) is 8.78. The average molecular weight is 622 g/mol. The fraction of sp³-hybridized carbons (Fsp3) is 0.583. The van der Waals surface area contributed by atoms with Crippen molar-refractivity contribution in [3.8, 4) is 11.5 Å². The summed E-state index contributed by atoms with van der Waals surface area (Å²) in [4.78, 5) is 42.0. The topological polar surface area (TPSA) is 106 Å².